The molecule has 100 valence electrons. The Hall–Kier alpha value is -2.14. The zero-order valence-electron chi connectivity index (χ0n) is 11.1. The summed E-state index contributed by atoms with van der Waals surface area (Å²) in [6.07, 6.45) is 1.43. The van der Waals surface area contributed by atoms with Gasteiger partial charge in [0, 0.05) is 31.7 Å². The Morgan fingerprint density at radius 1 is 1.42 bits per heavy atom. The summed E-state index contributed by atoms with van der Waals surface area (Å²) < 4.78 is 0. The van der Waals surface area contributed by atoms with Gasteiger partial charge in [0.2, 0.25) is 0 Å². The van der Waals surface area contributed by atoms with Crippen molar-refractivity contribution in [3.63, 3.8) is 0 Å². The lowest BCUT2D eigenvalue weighted by Crippen LogP contribution is -2.28. The van der Waals surface area contributed by atoms with E-state index >= 15 is 0 Å². The first-order valence-electron chi connectivity index (χ1n) is 6.12. The van der Waals surface area contributed by atoms with Crippen molar-refractivity contribution >= 4 is 22.6 Å². The van der Waals surface area contributed by atoms with Gasteiger partial charge in [-0.25, -0.2) is 4.79 Å². The molecule has 1 aromatic carbocycles. The van der Waals surface area contributed by atoms with E-state index in [1.165, 1.54) is 6.20 Å². The number of anilines is 1. The van der Waals surface area contributed by atoms with Gasteiger partial charge in [-0.1, -0.05) is 18.2 Å². The summed E-state index contributed by atoms with van der Waals surface area (Å²) in [5, 5.41) is 13.2. The summed E-state index contributed by atoms with van der Waals surface area (Å²) in [6.45, 7) is 1.51. The van der Waals surface area contributed by atoms with E-state index in [1.807, 2.05) is 43.3 Å². The van der Waals surface area contributed by atoms with Crippen LogP contribution in [0.15, 0.2) is 30.5 Å². The fourth-order valence-corrected chi connectivity index (χ4v) is 2.09. The monoisotopic (exact) mass is 259 g/mol. The molecule has 5 heteroatoms. The predicted molar refractivity (Wildman–Crippen MR) is 75.9 cm³/mol. The standard InChI is InChI=1S/C14H17N3O2/c1-15-7-8-17(2)13-10-5-3-4-6-12(10)16-9-11(13)14(18)19/h3-6,9,15H,7-8H2,1-2H3,(H,18,19). The zero-order valence-corrected chi connectivity index (χ0v) is 11.1. The summed E-state index contributed by atoms with van der Waals surface area (Å²) >= 11 is 0. The fourth-order valence-electron chi connectivity index (χ4n) is 2.09. The highest BCUT2D eigenvalue weighted by atomic mass is 16.4. The molecule has 0 fully saturated rings. The third-order valence-electron chi connectivity index (χ3n) is 3.06. The predicted octanol–water partition coefficient (Wildman–Crippen LogP) is 1.59. The molecule has 0 atom stereocenters. The third kappa shape index (κ3) is 2.66. The van der Waals surface area contributed by atoms with Crippen LogP contribution in [0.3, 0.4) is 0 Å². The van der Waals surface area contributed by atoms with E-state index in [0.29, 0.717) is 5.69 Å². The number of benzene rings is 1. The van der Waals surface area contributed by atoms with Gasteiger partial charge in [-0.3, -0.25) is 4.98 Å². The molecular formula is C14H17N3O2. The van der Waals surface area contributed by atoms with Gasteiger partial charge < -0.3 is 15.3 Å². The number of fused-ring (bicyclic) bond motifs is 1. The number of pyridine rings is 1. The Kier molecular flexibility index (Phi) is 3.97. The van der Waals surface area contributed by atoms with Gasteiger partial charge in [-0.2, -0.15) is 0 Å². The van der Waals surface area contributed by atoms with Crippen LogP contribution in [-0.2, 0) is 0 Å². The number of para-hydroxylation sites is 1. The molecular weight excluding hydrogens is 242 g/mol. The normalized spacial score (nSPS) is 10.6. The highest BCUT2D eigenvalue weighted by molar-refractivity contribution is 6.04. The van der Waals surface area contributed by atoms with Crippen molar-refractivity contribution in [1.29, 1.82) is 0 Å². The van der Waals surface area contributed by atoms with Gasteiger partial charge in [0.15, 0.2) is 0 Å². The van der Waals surface area contributed by atoms with Crippen LogP contribution in [0, 0.1) is 0 Å². The number of carboxylic acid groups (broad SMARTS) is 1. The summed E-state index contributed by atoms with van der Waals surface area (Å²) in [5.41, 5.74) is 1.75. The van der Waals surface area contributed by atoms with E-state index in [0.717, 1.165) is 24.0 Å². The van der Waals surface area contributed by atoms with E-state index in [2.05, 4.69) is 10.3 Å². The maximum atomic E-state index is 11.4. The van der Waals surface area contributed by atoms with Crippen LogP contribution in [-0.4, -0.2) is 43.2 Å². The molecule has 0 saturated carbocycles. The van der Waals surface area contributed by atoms with Gasteiger partial charge >= 0.3 is 5.97 Å². The van der Waals surface area contributed by atoms with Crippen LogP contribution in [0.2, 0.25) is 0 Å². The Morgan fingerprint density at radius 3 is 2.84 bits per heavy atom. The molecule has 2 aromatic rings. The average molecular weight is 259 g/mol. The van der Waals surface area contributed by atoms with Gasteiger partial charge in [0.25, 0.3) is 0 Å². The smallest absolute Gasteiger partial charge is 0.339 e. The molecule has 1 heterocycles. The van der Waals surface area contributed by atoms with Gasteiger partial charge in [0.1, 0.15) is 5.56 Å². The molecule has 0 saturated heterocycles. The number of likely N-dealkylation sites (N-methyl/N-ethyl adjacent to an activating group) is 2. The lowest BCUT2D eigenvalue weighted by molar-refractivity contribution is 0.0697. The molecule has 2 rings (SSSR count). The first-order chi connectivity index (χ1) is 9.15. The van der Waals surface area contributed by atoms with Crippen molar-refractivity contribution < 1.29 is 9.90 Å². The molecule has 0 amide bonds. The molecule has 2 N–H and O–H groups in total. The lowest BCUT2D eigenvalue weighted by Gasteiger charge is -2.22. The molecule has 0 radical (unpaired) electrons. The first-order valence-corrected chi connectivity index (χ1v) is 6.12. The molecule has 19 heavy (non-hydrogen) atoms. The van der Waals surface area contributed by atoms with Crippen LogP contribution < -0.4 is 10.2 Å². The highest BCUT2D eigenvalue weighted by Gasteiger charge is 2.17. The van der Waals surface area contributed by atoms with Gasteiger partial charge in [0.05, 0.1) is 11.2 Å². The van der Waals surface area contributed by atoms with Crippen molar-refractivity contribution in [2.45, 2.75) is 0 Å². The summed E-state index contributed by atoms with van der Waals surface area (Å²) in [5.74, 6) is -0.954. The maximum absolute atomic E-state index is 11.4. The molecule has 0 bridgehead atoms. The van der Waals surface area contributed by atoms with Crippen LogP contribution in [0.1, 0.15) is 10.4 Å². The molecule has 1 aromatic heterocycles. The number of nitrogens with zero attached hydrogens (tertiary/aromatic N) is 2. The second-order valence-electron chi connectivity index (χ2n) is 4.37. The number of nitrogens with one attached hydrogen (secondary N) is 1. The van der Waals surface area contributed by atoms with E-state index in [4.69, 9.17) is 0 Å². The van der Waals surface area contributed by atoms with Crippen LogP contribution in [0.25, 0.3) is 10.9 Å². The Bertz CT molecular complexity index is 598. The summed E-state index contributed by atoms with van der Waals surface area (Å²) in [6, 6.07) is 7.58. The number of carboxylic acids is 1. The molecule has 0 aliphatic rings. The van der Waals surface area contributed by atoms with Gasteiger partial charge in [-0.15, -0.1) is 0 Å². The SMILES string of the molecule is CNCCN(C)c1c(C(=O)O)cnc2ccccc12. The fraction of sp³-hybridized carbons (Fsp3) is 0.286. The number of aromatic nitrogens is 1. The maximum Gasteiger partial charge on any atom is 0.339 e. The van der Waals surface area contributed by atoms with Crippen molar-refractivity contribution in [2.75, 3.05) is 32.1 Å². The molecule has 5 nitrogen and oxygen atoms in total. The number of aromatic carboxylic acids is 1. The van der Waals surface area contributed by atoms with Crippen LogP contribution in [0.5, 0.6) is 0 Å². The average Bonchev–Trinajstić information content (AvgIpc) is 2.43. The van der Waals surface area contributed by atoms with Crippen LogP contribution >= 0.6 is 0 Å². The second kappa shape index (κ2) is 5.67. The Balaban J connectivity index is 2.58. The lowest BCUT2D eigenvalue weighted by atomic mass is 10.1. The minimum atomic E-state index is -0.954. The second-order valence-corrected chi connectivity index (χ2v) is 4.37. The third-order valence-corrected chi connectivity index (χ3v) is 3.06. The van der Waals surface area contributed by atoms with E-state index in [-0.39, 0.29) is 5.56 Å². The molecule has 0 spiro atoms. The van der Waals surface area contributed by atoms with E-state index < -0.39 is 5.97 Å². The van der Waals surface area contributed by atoms with E-state index in [9.17, 15) is 9.90 Å². The van der Waals surface area contributed by atoms with Crippen molar-refractivity contribution in [3.05, 3.63) is 36.0 Å². The Morgan fingerprint density at radius 2 is 2.16 bits per heavy atom. The van der Waals surface area contributed by atoms with Crippen molar-refractivity contribution in [1.82, 2.24) is 10.3 Å². The minimum absolute atomic E-state index is 0.234. The number of hydrogen-bond donors (Lipinski definition) is 2. The zero-order chi connectivity index (χ0) is 13.8. The topological polar surface area (TPSA) is 65.5 Å². The number of hydrogen-bond acceptors (Lipinski definition) is 4. The quantitative estimate of drug-likeness (QED) is 0.853. The largest absolute Gasteiger partial charge is 0.478 e. The highest BCUT2D eigenvalue weighted by Crippen LogP contribution is 2.28. The van der Waals surface area contributed by atoms with E-state index in [1.54, 1.807) is 0 Å². The Labute approximate surface area is 111 Å². The number of carbonyl (C=O) groups is 1. The summed E-state index contributed by atoms with van der Waals surface area (Å²) in [7, 11) is 3.77. The van der Waals surface area contributed by atoms with Crippen molar-refractivity contribution in [2.24, 2.45) is 0 Å². The number of rotatable bonds is 5. The summed E-state index contributed by atoms with van der Waals surface area (Å²) in [4.78, 5) is 17.5. The molecule has 0 aliphatic heterocycles. The molecule has 0 unspecified atom stereocenters. The molecule has 0 aliphatic carbocycles. The van der Waals surface area contributed by atoms with Crippen molar-refractivity contribution in [3.8, 4) is 0 Å². The first kappa shape index (κ1) is 13.3. The minimum Gasteiger partial charge on any atom is -0.478 e. The van der Waals surface area contributed by atoms with Crippen LogP contribution in [0.4, 0.5) is 5.69 Å². The van der Waals surface area contributed by atoms with Gasteiger partial charge in [-0.05, 0) is 13.1 Å².